The van der Waals surface area contributed by atoms with Gasteiger partial charge in [0.2, 0.25) is 0 Å². The van der Waals surface area contributed by atoms with Crippen LogP contribution in [-0.4, -0.2) is 18.2 Å². The van der Waals surface area contributed by atoms with E-state index >= 15 is 0 Å². The number of nitrogens with two attached hydrogens (primary N) is 1. The summed E-state index contributed by atoms with van der Waals surface area (Å²) in [5.41, 5.74) is 6.59. The summed E-state index contributed by atoms with van der Waals surface area (Å²) >= 11 is 0. The van der Waals surface area contributed by atoms with Crippen LogP contribution in [0.25, 0.3) is 0 Å². The minimum atomic E-state index is -0.144. The minimum absolute atomic E-state index is 0.144. The number of hydrogen-bond donors (Lipinski definition) is 2. The average Bonchev–Trinajstić information content (AvgIpc) is 1.69. The molecular weight excluding hydrogens is 104 g/mol. The molecule has 48 valence electrons. The second-order valence-corrected chi connectivity index (χ2v) is 1.68. The summed E-state index contributed by atoms with van der Waals surface area (Å²) in [6, 6.07) is 0. The zero-order chi connectivity index (χ0) is 6.57. The lowest BCUT2D eigenvalue weighted by atomic mass is 10.4. The fraction of sp³-hybridized carbons (Fsp3) is 1.00. The molecule has 0 saturated carbocycles. The first-order valence-electron chi connectivity index (χ1n) is 2.56. The molecule has 0 spiro atoms. The van der Waals surface area contributed by atoms with Crippen LogP contribution in [0.5, 0.6) is 0 Å². The van der Waals surface area contributed by atoms with Crippen molar-refractivity contribution < 1.29 is 0 Å². The van der Waals surface area contributed by atoms with Crippen molar-refractivity contribution in [3.05, 3.63) is 0 Å². The van der Waals surface area contributed by atoms with Gasteiger partial charge in [0.25, 0.3) is 0 Å². The van der Waals surface area contributed by atoms with Gasteiger partial charge in [-0.05, 0) is 6.42 Å². The first-order valence-corrected chi connectivity index (χ1v) is 2.56. The van der Waals surface area contributed by atoms with Crippen molar-refractivity contribution in [1.82, 2.24) is 5.01 Å². The van der Waals surface area contributed by atoms with Crippen molar-refractivity contribution in [2.75, 3.05) is 7.05 Å². The quantitative estimate of drug-likeness (QED) is 0.321. The van der Waals surface area contributed by atoms with Crippen LogP contribution in [0.1, 0.15) is 13.3 Å². The van der Waals surface area contributed by atoms with Crippen LogP contribution in [-0.2, 0) is 0 Å². The molecule has 4 nitrogen and oxygen atoms in total. The molecular formula is C4H12N4. The number of nitrogens with zero attached hydrogens (tertiary/aromatic N) is 2. The largest absolute Gasteiger partial charge is 0.267 e. The Bertz CT molecular complexity index is 70.4. The summed E-state index contributed by atoms with van der Waals surface area (Å²) in [7, 11) is 1.70. The molecule has 0 aromatic rings. The SMILES string of the molecule is CCC(N=N)N(C)N. The van der Waals surface area contributed by atoms with Crippen molar-refractivity contribution in [2.24, 2.45) is 11.0 Å². The molecule has 4 heteroatoms. The highest BCUT2D eigenvalue weighted by molar-refractivity contribution is 4.52. The maximum atomic E-state index is 6.59. The molecule has 0 aliphatic rings. The lowest BCUT2D eigenvalue weighted by Gasteiger charge is -2.14. The predicted octanol–water partition coefficient (Wildman–Crippen LogP) is 0.559. The summed E-state index contributed by atoms with van der Waals surface area (Å²) in [4.78, 5) is 0. The molecule has 0 radical (unpaired) electrons. The third kappa shape index (κ3) is 1.99. The number of hydrogen-bond acceptors (Lipinski definition) is 4. The molecule has 0 heterocycles. The van der Waals surface area contributed by atoms with Crippen LogP contribution in [0, 0.1) is 5.53 Å². The number of hydrazine groups is 1. The van der Waals surface area contributed by atoms with E-state index in [4.69, 9.17) is 11.4 Å². The molecule has 0 amide bonds. The van der Waals surface area contributed by atoms with E-state index in [1.54, 1.807) is 7.05 Å². The highest BCUT2D eigenvalue weighted by Crippen LogP contribution is 1.95. The zero-order valence-corrected chi connectivity index (χ0v) is 5.26. The summed E-state index contributed by atoms with van der Waals surface area (Å²) in [6.07, 6.45) is 0.645. The van der Waals surface area contributed by atoms with Crippen LogP contribution >= 0.6 is 0 Å². The topological polar surface area (TPSA) is 65.5 Å². The molecule has 0 saturated heterocycles. The molecule has 0 aromatic heterocycles. The fourth-order valence-electron chi connectivity index (χ4n) is 0.470. The normalized spacial score (nSPS) is 14.0. The molecule has 3 N–H and O–H groups in total. The highest BCUT2D eigenvalue weighted by Gasteiger charge is 2.03. The molecule has 0 aromatic carbocycles. The van der Waals surface area contributed by atoms with Gasteiger partial charge in [-0.3, -0.25) is 5.84 Å². The second kappa shape index (κ2) is 3.51. The van der Waals surface area contributed by atoms with Crippen molar-refractivity contribution in [1.29, 1.82) is 5.53 Å². The van der Waals surface area contributed by atoms with Gasteiger partial charge in [-0.1, -0.05) is 6.92 Å². The van der Waals surface area contributed by atoms with Gasteiger partial charge in [-0.25, -0.2) is 10.5 Å². The van der Waals surface area contributed by atoms with Gasteiger partial charge in [-0.2, -0.15) is 5.11 Å². The van der Waals surface area contributed by atoms with Crippen molar-refractivity contribution in [3.8, 4) is 0 Å². The first-order chi connectivity index (χ1) is 3.72. The molecule has 1 atom stereocenters. The van der Waals surface area contributed by atoms with Gasteiger partial charge >= 0.3 is 0 Å². The molecule has 8 heavy (non-hydrogen) atoms. The van der Waals surface area contributed by atoms with Gasteiger partial charge in [-0.15, -0.1) is 0 Å². The number of nitrogens with one attached hydrogen (secondary N) is 1. The second-order valence-electron chi connectivity index (χ2n) is 1.68. The lowest BCUT2D eigenvalue weighted by molar-refractivity contribution is 0.238. The van der Waals surface area contributed by atoms with E-state index < -0.39 is 0 Å². The first kappa shape index (κ1) is 7.52. The minimum Gasteiger partial charge on any atom is -0.267 e. The third-order valence-corrected chi connectivity index (χ3v) is 0.984. The molecule has 0 fully saturated rings. The monoisotopic (exact) mass is 116 g/mol. The molecule has 1 unspecified atom stereocenters. The van der Waals surface area contributed by atoms with E-state index in [0.29, 0.717) is 0 Å². The van der Waals surface area contributed by atoms with E-state index in [9.17, 15) is 0 Å². The maximum absolute atomic E-state index is 6.59. The van der Waals surface area contributed by atoms with Crippen LogP contribution in [0.4, 0.5) is 0 Å². The Labute approximate surface area is 49.1 Å². The Morgan fingerprint density at radius 1 is 1.88 bits per heavy atom. The van der Waals surface area contributed by atoms with Crippen LogP contribution in [0.3, 0.4) is 0 Å². The standard InChI is InChI=1S/C4H12N4/c1-3-4(7-5)8(2)6/h4-5H,3,6H2,1-2H3. The maximum Gasteiger partial charge on any atom is 0.134 e. The van der Waals surface area contributed by atoms with Crippen LogP contribution in [0.2, 0.25) is 0 Å². The van der Waals surface area contributed by atoms with E-state index in [2.05, 4.69) is 5.11 Å². The average molecular weight is 116 g/mol. The van der Waals surface area contributed by atoms with Gasteiger partial charge in [0.15, 0.2) is 0 Å². The van der Waals surface area contributed by atoms with Gasteiger partial charge < -0.3 is 0 Å². The van der Waals surface area contributed by atoms with Crippen LogP contribution in [0.15, 0.2) is 5.11 Å². The molecule has 0 rings (SSSR count). The summed E-state index contributed by atoms with van der Waals surface area (Å²) in [5, 5.41) is 4.68. The van der Waals surface area contributed by atoms with Crippen molar-refractivity contribution in [3.63, 3.8) is 0 Å². The van der Waals surface area contributed by atoms with Crippen molar-refractivity contribution in [2.45, 2.75) is 19.5 Å². The third-order valence-electron chi connectivity index (χ3n) is 0.984. The van der Waals surface area contributed by atoms with E-state index in [1.807, 2.05) is 6.92 Å². The fourth-order valence-corrected chi connectivity index (χ4v) is 0.470. The van der Waals surface area contributed by atoms with Gasteiger partial charge in [0.05, 0.1) is 0 Å². The summed E-state index contributed by atoms with van der Waals surface area (Å²) in [6.45, 7) is 1.94. The van der Waals surface area contributed by atoms with E-state index in [1.165, 1.54) is 5.01 Å². The number of rotatable bonds is 3. The Balaban J connectivity index is 3.51. The summed E-state index contributed by atoms with van der Waals surface area (Å²) in [5.74, 6) is 5.28. The molecule has 0 aliphatic carbocycles. The van der Waals surface area contributed by atoms with Crippen molar-refractivity contribution >= 4 is 0 Å². The predicted molar refractivity (Wildman–Crippen MR) is 31.2 cm³/mol. The Morgan fingerprint density at radius 3 is 2.38 bits per heavy atom. The Kier molecular flexibility index (Phi) is 3.30. The lowest BCUT2D eigenvalue weighted by Crippen LogP contribution is -2.35. The Hall–Kier alpha value is -0.480. The van der Waals surface area contributed by atoms with E-state index in [-0.39, 0.29) is 6.17 Å². The van der Waals surface area contributed by atoms with Gasteiger partial charge in [0.1, 0.15) is 6.17 Å². The van der Waals surface area contributed by atoms with Gasteiger partial charge in [0, 0.05) is 7.05 Å². The Morgan fingerprint density at radius 2 is 2.38 bits per heavy atom. The molecule has 0 aliphatic heterocycles. The van der Waals surface area contributed by atoms with E-state index in [0.717, 1.165) is 6.42 Å². The smallest absolute Gasteiger partial charge is 0.134 e. The van der Waals surface area contributed by atoms with Crippen LogP contribution < -0.4 is 5.84 Å². The zero-order valence-electron chi connectivity index (χ0n) is 5.26. The molecule has 0 bridgehead atoms. The highest BCUT2D eigenvalue weighted by atomic mass is 15.4. The summed E-state index contributed by atoms with van der Waals surface area (Å²) < 4.78 is 0.